The van der Waals surface area contributed by atoms with E-state index in [1.165, 1.54) is 12.1 Å². The predicted octanol–water partition coefficient (Wildman–Crippen LogP) is 2.42. The van der Waals surface area contributed by atoms with Crippen molar-refractivity contribution in [2.75, 3.05) is 26.2 Å². The molecule has 3 nitrogen and oxygen atoms in total. The molecule has 0 amide bonds. The summed E-state index contributed by atoms with van der Waals surface area (Å²) in [5.41, 5.74) is 5.81. The number of nitrogens with zero attached hydrogens (tertiary/aromatic N) is 1. The second-order valence-corrected chi connectivity index (χ2v) is 5.22. The number of hydrogen-bond acceptors (Lipinski definition) is 3. The Morgan fingerprint density at radius 2 is 2.22 bits per heavy atom. The minimum atomic E-state index is -0.294. The molecule has 2 N–H and O–H groups in total. The molecule has 1 aliphatic heterocycles. The topological polar surface area (TPSA) is 38.5 Å². The molecule has 1 atom stereocenters. The molecular formula is C12H17BrClFN2O. The highest BCUT2D eigenvalue weighted by Crippen LogP contribution is 2.20. The molecule has 18 heavy (non-hydrogen) atoms. The highest BCUT2D eigenvalue weighted by atomic mass is 79.9. The second-order valence-electron chi connectivity index (χ2n) is 4.30. The number of nitrogens with two attached hydrogens (primary N) is 1. The normalized spacial score (nSPS) is 19.6. The van der Waals surface area contributed by atoms with Crippen LogP contribution in [0.5, 0.6) is 5.75 Å². The Balaban J connectivity index is 0.00000162. The van der Waals surface area contributed by atoms with Crippen molar-refractivity contribution in [2.45, 2.75) is 12.5 Å². The van der Waals surface area contributed by atoms with Crippen LogP contribution >= 0.6 is 28.3 Å². The average Bonchev–Trinajstić information content (AvgIpc) is 2.63. The summed E-state index contributed by atoms with van der Waals surface area (Å²) in [7, 11) is 0. The van der Waals surface area contributed by atoms with E-state index in [0.717, 1.165) is 26.1 Å². The third kappa shape index (κ3) is 4.72. The number of rotatable bonds is 4. The highest BCUT2D eigenvalue weighted by Gasteiger charge is 2.18. The molecule has 0 unspecified atom stereocenters. The van der Waals surface area contributed by atoms with Crippen molar-refractivity contribution in [1.82, 2.24) is 4.90 Å². The Labute approximate surface area is 121 Å². The fourth-order valence-corrected chi connectivity index (χ4v) is 2.41. The molecule has 102 valence electrons. The molecule has 0 aromatic heterocycles. The van der Waals surface area contributed by atoms with Gasteiger partial charge < -0.3 is 10.5 Å². The van der Waals surface area contributed by atoms with Gasteiger partial charge in [0.25, 0.3) is 0 Å². The summed E-state index contributed by atoms with van der Waals surface area (Å²) in [6.45, 7) is 3.35. The molecule has 0 saturated carbocycles. The number of benzene rings is 1. The monoisotopic (exact) mass is 338 g/mol. The third-order valence-corrected chi connectivity index (χ3v) is 3.28. The van der Waals surface area contributed by atoms with Gasteiger partial charge in [-0.15, -0.1) is 12.4 Å². The van der Waals surface area contributed by atoms with Crippen molar-refractivity contribution in [3.8, 4) is 5.75 Å². The predicted molar refractivity (Wildman–Crippen MR) is 75.9 cm³/mol. The van der Waals surface area contributed by atoms with E-state index in [9.17, 15) is 4.39 Å². The van der Waals surface area contributed by atoms with Crippen LogP contribution in [-0.4, -0.2) is 37.2 Å². The van der Waals surface area contributed by atoms with E-state index in [-0.39, 0.29) is 18.2 Å². The van der Waals surface area contributed by atoms with Crippen LogP contribution in [0.4, 0.5) is 4.39 Å². The van der Waals surface area contributed by atoms with Crippen LogP contribution in [0.3, 0.4) is 0 Å². The van der Waals surface area contributed by atoms with Crippen molar-refractivity contribution >= 4 is 28.3 Å². The Bertz CT molecular complexity index is 374. The highest BCUT2D eigenvalue weighted by molar-refractivity contribution is 9.10. The maximum absolute atomic E-state index is 13.1. The van der Waals surface area contributed by atoms with Crippen molar-refractivity contribution in [2.24, 2.45) is 5.73 Å². The van der Waals surface area contributed by atoms with E-state index in [2.05, 4.69) is 20.8 Å². The maximum atomic E-state index is 13.1. The van der Waals surface area contributed by atoms with E-state index in [4.69, 9.17) is 10.5 Å². The van der Waals surface area contributed by atoms with Crippen LogP contribution in [-0.2, 0) is 0 Å². The SMILES string of the molecule is Cl.N[C@H]1CCN(CCOc2cc(F)cc(Br)c2)C1. The van der Waals surface area contributed by atoms with Crippen LogP contribution in [0.1, 0.15) is 6.42 Å². The summed E-state index contributed by atoms with van der Waals surface area (Å²) in [5, 5.41) is 0. The van der Waals surface area contributed by atoms with E-state index in [1.54, 1.807) is 6.07 Å². The minimum absolute atomic E-state index is 0. The fraction of sp³-hybridized carbons (Fsp3) is 0.500. The molecule has 1 heterocycles. The Kier molecular flexibility index (Phi) is 6.35. The summed E-state index contributed by atoms with van der Waals surface area (Å²) in [6.07, 6.45) is 1.05. The lowest BCUT2D eigenvalue weighted by Gasteiger charge is -2.15. The van der Waals surface area contributed by atoms with E-state index < -0.39 is 0 Å². The van der Waals surface area contributed by atoms with Gasteiger partial charge in [-0.2, -0.15) is 0 Å². The molecule has 0 radical (unpaired) electrons. The van der Waals surface area contributed by atoms with Crippen LogP contribution < -0.4 is 10.5 Å². The van der Waals surface area contributed by atoms with Gasteiger partial charge in [0.1, 0.15) is 18.2 Å². The molecule has 1 aliphatic rings. The zero-order valence-corrected chi connectivity index (χ0v) is 12.3. The molecule has 0 bridgehead atoms. The molecular weight excluding hydrogens is 322 g/mol. The number of hydrogen-bond donors (Lipinski definition) is 1. The van der Waals surface area contributed by atoms with Crippen LogP contribution in [0.25, 0.3) is 0 Å². The summed E-state index contributed by atoms with van der Waals surface area (Å²) >= 11 is 3.23. The second kappa shape index (κ2) is 7.28. The molecule has 0 spiro atoms. The first-order chi connectivity index (χ1) is 8.13. The first-order valence-corrected chi connectivity index (χ1v) is 6.49. The summed E-state index contributed by atoms with van der Waals surface area (Å²) in [4.78, 5) is 2.26. The Morgan fingerprint density at radius 3 is 2.83 bits per heavy atom. The van der Waals surface area contributed by atoms with Gasteiger partial charge in [-0.05, 0) is 25.1 Å². The van der Waals surface area contributed by atoms with Crippen molar-refractivity contribution in [1.29, 1.82) is 0 Å². The van der Waals surface area contributed by atoms with E-state index in [1.807, 2.05) is 0 Å². The van der Waals surface area contributed by atoms with Gasteiger partial charge in [-0.25, -0.2) is 4.39 Å². The van der Waals surface area contributed by atoms with Gasteiger partial charge in [-0.1, -0.05) is 15.9 Å². The van der Waals surface area contributed by atoms with Crippen LogP contribution in [0.15, 0.2) is 22.7 Å². The zero-order chi connectivity index (χ0) is 12.3. The van der Waals surface area contributed by atoms with Crippen molar-refractivity contribution < 1.29 is 9.13 Å². The van der Waals surface area contributed by atoms with E-state index in [0.29, 0.717) is 22.9 Å². The van der Waals surface area contributed by atoms with Crippen molar-refractivity contribution in [3.05, 3.63) is 28.5 Å². The summed E-state index contributed by atoms with van der Waals surface area (Å²) in [5.74, 6) is 0.262. The first kappa shape index (κ1) is 15.7. The molecule has 6 heteroatoms. The Morgan fingerprint density at radius 1 is 1.44 bits per heavy atom. The number of likely N-dealkylation sites (tertiary alicyclic amines) is 1. The standard InChI is InChI=1S/C12H16BrFN2O.ClH/c13-9-5-10(14)7-12(6-9)17-4-3-16-2-1-11(15)8-16;/h5-7,11H,1-4,8,15H2;1H/t11-;/m0./s1. The smallest absolute Gasteiger partial charge is 0.128 e. The fourth-order valence-electron chi connectivity index (χ4n) is 1.97. The van der Waals surface area contributed by atoms with Gasteiger partial charge in [0.05, 0.1) is 0 Å². The molecule has 1 saturated heterocycles. The molecule has 1 fully saturated rings. The minimum Gasteiger partial charge on any atom is -0.492 e. The maximum Gasteiger partial charge on any atom is 0.128 e. The lowest BCUT2D eigenvalue weighted by Crippen LogP contribution is -2.29. The zero-order valence-electron chi connectivity index (χ0n) is 9.94. The third-order valence-electron chi connectivity index (χ3n) is 2.82. The van der Waals surface area contributed by atoms with E-state index >= 15 is 0 Å². The molecule has 1 aromatic carbocycles. The molecule has 1 aromatic rings. The van der Waals surface area contributed by atoms with Gasteiger partial charge in [0, 0.05) is 29.7 Å². The average molecular weight is 340 g/mol. The van der Waals surface area contributed by atoms with Crippen molar-refractivity contribution in [3.63, 3.8) is 0 Å². The van der Waals surface area contributed by atoms with Crippen LogP contribution in [0, 0.1) is 5.82 Å². The number of ether oxygens (including phenoxy) is 1. The lowest BCUT2D eigenvalue weighted by atomic mass is 10.3. The van der Waals surface area contributed by atoms with Gasteiger partial charge >= 0.3 is 0 Å². The van der Waals surface area contributed by atoms with Gasteiger partial charge in [0.15, 0.2) is 0 Å². The summed E-state index contributed by atoms with van der Waals surface area (Å²) < 4.78 is 19.3. The quantitative estimate of drug-likeness (QED) is 0.915. The Hall–Kier alpha value is -0.360. The molecule has 0 aliphatic carbocycles. The largest absolute Gasteiger partial charge is 0.492 e. The molecule has 2 rings (SSSR count). The first-order valence-electron chi connectivity index (χ1n) is 5.70. The van der Waals surface area contributed by atoms with Gasteiger partial charge in [0.2, 0.25) is 0 Å². The van der Waals surface area contributed by atoms with Crippen LogP contribution in [0.2, 0.25) is 0 Å². The lowest BCUT2D eigenvalue weighted by molar-refractivity contribution is 0.235. The summed E-state index contributed by atoms with van der Waals surface area (Å²) in [6, 6.07) is 4.85. The van der Waals surface area contributed by atoms with Gasteiger partial charge in [-0.3, -0.25) is 4.90 Å². The number of halogens is 3.